The highest BCUT2D eigenvalue weighted by atomic mass is 19.4. The number of hydrogen-bond acceptors (Lipinski definition) is 5. The van der Waals surface area contributed by atoms with Gasteiger partial charge in [0.15, 0.2) is 18.2 Å². The average molecular weight is 429 g/mol. The predicted molar refractivity (Wildman–Crippen MR) is 108 cm³/mol. The van der Waals surface area contributed by atoms with Crippen molar-refractivity contribution in [3.63, 3.8) is 0 Å². The fourth-order valence-electron chi connectivity index (χ4n) is 2.70. The Morgan fingerprint density at radius 2 is 1.74 bits per heavy atom. The first-order valence-corrected chi connectivity index (χ1v) is 9.19. The fourth-order valence-corrected chi connectivity index (χ4v) is 2.70. The minimum atomic E-state index is -4.43. The SMILES string of the molecule is CC(=O)c1cccc(NC(=O)COc2cc(C)nc(-c3ccc(C(F)(F)F)cc3)n2)c1. The minimum Gasteiger partial charge on any atom is -0.467 e. The first-order valence-electron chi connectivity index (χ1n) is 9.19. The molecule has 2 aromatic carbocycles. The Labute approximate surface area is 176 Å². The zero-order chi connectivity index (χ0) is 22.6. The zero-order valence-corrected chi connectivity index (χ0v) is 16.7. The third-order valence-electron chi connectivity index (χ3n) is 4.21. The summed E-state index contributed by atoms with van der Waals surface area (Å²) in [5, 5.41) is 2.62. The zero-order valence-electron chi connectivity index (χ0n) is 16.7. The number of ketones is 1. The summed E-state index contributed by atoms with van der Waals surface area (Å²) in [5.41, 5.74) is 1.05. The van der Waals surface area contributed by atoms with Crippen molar-refractivity contribution in [1.29, 1.82) is 0 Å². The summed E-state index contributed by atoms with van der Waals surface area (Å²) in [7, 11) is 0. The summed E-state index contributed by atoms with van der Waals surface area (Å²) in [5.74, 6) is -0.305. The maximum atomic E-state index is 12.7. The van der Waals surface area contributed by atoms with E-state index in [2.05, 4.69) is 15.3 Å². The van der Waals surface area contributed by atoms with E-state index in [4.69, 9.17) is 4.74 Å². The third-order valence-corrected chi connectivity index (χ3v) is 4.21. The van der Waals surface area contributed by atoms with E-state index in [9.17, 15) is 22.8 Å². The topological polar surface area (TPSA) is 81.2 Å². The number of nitrogens with zero attached hydrogens (tertiary/aromatic N) is 2. The molecule has 3 aromatic rings. The number of alkyl halides is 3. The molecule has 0 aliphatic heterocycles. The average Bonchev–Trinajstić information content (AvgIpc) is 2.71. The molecule has 1 amide bonds. The molecule has 0 aliphatic rings. The molecule has 0 aliphatic carbocycles. The molecular weight excluding hydrogens is 411 g/mol. The number of carbonyl (C=O) groups is 2. The Hall–Kier alpha value is -3.75. The molecule has 0 unspecified atom stereocenters. The lowest BCUT2D eigenvalue weighted by Gasteiger charge is -2.10. The van der Waals surface area contributed by atoms with Crippen molar-refractivity contribution >= 4 is 17.4 Å². The van der Waals surface area contributed by atoms with Gasteiger partial charge in [-0.3, -0.25) is 9.59 Å². The molecule has 0 fully saturated rings. The van der Waals surface area contributed by atoms with Crippen LogP contribution < -0.4 is 10.1 Å². The molecule has 1 N–H and O–H groups in total. The van der Waals surface area contributed by atoms with Crippen molar-refractivity contribution in [2.75, 3.05) is 11.9 Å². The Bertz CT molecular complexity index is 1110. The Balaban J connectivity index is 1.69. The molecule has 0 bridgehead atoms. The highest BCUT2D eigenvalue weighted by Crippen LogP contribution is 2.30. The Kier molecular flexibility index (Phi) is 6.33. The molecule has 1 heterocycles. The van der Waals surface area contributed by atoms with E-state index in [0.29, 0.717) is 22.5 Å². The van der Waals surface area contributed by atoms with Gasteiger partial charge in [-0.2, -0.15) is 18.2 Å². The summed E-state index contributed by atoms with van der Waals surface area (Å²) in [6.45, 7) is 2.75. The van der Waals surface area contributed by atoms with Crippen molar-refractivity contribution in [3.8, 4) is 17.3 Å². The molecule has 0 saturated heterocycles. The van der Waals surface area contributed by atoms with Gasteiger partial charge >= 0.3 is 6.18 Å². The lowest BCUT2D eigenvalue weighted by Crippen LogP contribution is -2.20. The highest BCUT2D eigenvalue weighted by molar-refractivity contribution is 5.97. The number of carbonyl (C=O) groups excluding carboxylic acids is 2. The van der Waals surface area contributed by atoms with Crippen LogP contribution in [0.3, 0.4) is 0 Å². The summed E-state index contributed by atoms with van der Waals surface area (Å²) >= 11 is 0. The maximum Gasteiger partial charge on any atom is 0.416 e. The summed E-state index contributed by atoms with van der Waals surface area (Å²) in [6.07, 6.45) is -4.43. The van der Waals surface area contributed by atoms with Crippen LogP contribution in [0.4, 0.5) is 18.9 Å². The molecule has 1 aromatic heterocycles. The van der Waals surface area contributed by atoms with Gasteiger partial charge in [-0.1, -0.05) is 24.3 Å². The summed E-state index contributed by atoms with van der Waals surface area (Å²) in [6, 6.07) is 12.4. The summed E-state index contributed by atoms with van der Waals surface area (Å²) < 4.78 is 43.6. The van der Waals surface area contributed by atoms with Crippen LogP contribution in [-0.4, -0.2) is 28.3 Å². The van der Waals surface area contributed by atoms with Crippen LogP contribution in [0.5, 0.6) is 5.88 Å². The second-order valence-electron chi connectivity index (χ2n) is 6.72. The van der Waals surface area contributed by atoms with Crippen LogP contribution in [0.2, 0.25) is 0 Å². The number of aromatic nitrogens is 2. The third kappa shape index (κ3) is 5.88. The van der Waals surface area contributed by atoms with Crippen molar-refractivity contribution in [3.05, 3.63) is 71.4 Å². The van der Waals surface area contributed by atoms with Gasteiger partial charge in [0.25, 0.3) is 5.91 Å². The number of aryl methyl sites for hydroxylation is 1. The van der Waals surface area contributed by atoms with Crippen molar-refractivity contribution < 1.29 is 27.5 Å². The first kappa shape index (κ1) is 21.9. The Morgan fingerprint density at radius 1 is 1.03 bits per heavy atom. The van der Waals surface area contributed by atoms with Crippen molar-refractivity contribution in [2.45, 2.75) is 20.0 Å². The number of rotatable bonds is 6. The lowest BCUT2D eigenvalue weighted by molar-refractivity contribution is -0.137. The number of amides is 1. The molecule has 0 atom stereocenters. The smallest absolute Gasteiger partial charge is 0.416 e. The lowest BCUT2D eigenvalue weighted by atomic mass is 10.1. The Morgan fingerprint density at radius 3 is 2.39 bits per heavy atom. The fraction of sp³-hybridized carbons (Fsp3) is 0.182. The van der Waals surface area contributed by atoms with Crippen molar-refractivity contribution in [2.24, 2.45) is 0 Å². The molecule has 3 rings (SSSR count). The molecule has 0 spiro atoms. The second kappa shape index (κ2) is 8.95. The number of anilines is 1. The van der Waals surface area contributed by atoms with E-state index in [1.54, 1.807) is 31.2 Å². The van der Waals surface area contributed by atoms with Crippen LogP contribution in [0.15, 0.2) is 54.6 Å². The van der Waals surface area contributed by atoms with Crippen LogP contribution in [0.25, 0.3) is 11.4 Å². The van der Waals surface area contributed by atoms with Gasteiger partial charge < -0.3 is 10.1 Å². The van der Waals surface area contributed by atoms with E-state index >= 15 is 0 Å². The monoisotopic (exact) mass is 429 g/mol. The molecule has 160 valence electrons. The molecule has 31 heavy (non-hydrogen) atoms. The van der Waals surface area contributed by atoms with Gasteiger partial charge in [-0.15, -0.1) is 0 Å². The maximum absolute atomic E-state index is 12.7. The number of benzene rings is 2. The van der Waals surface area contributed by atoms with Crippen LogP contribution in [0, 0.1) is 6.92 Å². The van der Waals surface area contributed by atoms with Gasteiger partial charge in [-0.05, 0) is 38.1 Å². The molecule has 0 radical (unpaired) electrons. The number of ether oxygens (including phenoxy) is 1. The molecule has 6 nitrogen and oxygen atoms in total. The van der Waals surface area contributed by atoms with Gasteiger partial charge in [-0.25, -0.2) is 4.98 Å². The second-order valence-corrected chi connectivity index (χ2v) is 6.72. The quantitative estimate of drug-likeness (QED) is 0.575. The van der Waals surface area contributed by atoms with Crippen LogP contribution in [-0.2, 0) is 11.0 Å². The summed E-state index contributed by atoms with van der Waals surface area (Å²) in [4.78, 5) is 32.0. The standard InChI is InChI=1S/C22H18F3N3O3/c1-13-10-20(28-21(26-13)15-6-8-17(9-7-15)22(23,24)25)31-12-19(30)27-18-5-3-4-16(11-18)14(2)29/h3-11H,12H2,1-2H3,(H,27,30). The normalized spacial score (nSPS) is 11.1. The number of hydrogen-bond donors (Lipinski definition) is 1. The van der Waals surface area contributed by atoms with Gasteiger partial charge in [0.1, 0.15) is 0 Å². The van der Waals surface area contributed by atoms with E-state index < -0.39 is 17.6 Å². The first-order chi connectivity index (χ1) is 14.6. The van der Waals surface area contributed by atoms with E-state index in [-0.39, 0.29) is 24.1 Å². The largest absolute Gasteiger partial charge is 0.467 e. The van der Waals surface area contributed by atoms with Crippen LogP contribution >= 0.6 is 0 Å². The minimum absolute atomic E-state index is 0.107. The van der Waals surface area contributed by atoms with E-state index in [1.807, 2.05) is 0 Å². The number of nitrogens with one attached hydrogen (secondary N) is 1. The van der Waals surface area contributed by atoms with E-state index in [1.165, 1.54) is 25.1 Å². The van der Waals surface area contributed by atoms with E-state index in [0.717, 1.165) is 12.1 Å². The van der Waals surface area contributed by atoms with Gasteiger partial charge in [0.2, 0.25) is 5.88 Å². The van der Waals surface area contributed by atoms with Gasteiger partial charge in [0.05, 0.1) is 5.56 Å². The van der Waals surface area contributed by atoms with Gasteiger partial charge in [0, 0.05) is 28.6 Å². The van der Waals surface area contributed by atoms with Crippen molar-refractivity contribution in [1.82, 2.24) is 9.97 Å². The predicted octanol–water partition coefficient (Wildman–Crippen LogP) is 4.69. The number of halogens is 3. The van der Waals surface area contributed by atoms with Crippen LogP contribution in [0.1, 0.15) is 28.5 Å². The molecule has 9 heteroatoms. The molecular formula is C22H18F3N3O3. The number of Topliss-reactive ketones (excluding diaryl/α,β-unsaturated/α-hetero) is 1. The highest BCUT2D eigenvalue weighted by Gasteiger charge is 2.30. The molecule has 0 saturated carbocycles.